The molecule has 0 radical (unpaired) electrons. The van der Waals surface area contributed by atoms with Crippen molar-refractivity contribution in [1.82, 2.24) is 29.6 Å². The molecule has 0 saturated heterocycles. The van der Waals surface area contributed by atoms with Gasteiger partial charge >= 0.3 is 0 Å². The van der Waals surface area contributed by atoms with E-state index in [2.05, 4.69) is 15.3 Å². The summed E-state index contributed by atoms with van der Waals surface area (Å²) in [7, 11) is 0. The van der Waals surface area contributed by atoms with E-state index in [0.717, 1.165) is 21.9 Å². The van der Waals surface area contributed by atoms with E-state index in [1.54, 1.807) is 40.9 Å². The van der Waals surface area contributed by atoms with Gasteiger partial charge in [0, 0.05) is 36.9 Å². The number of benzene rings is 1. The number of thiophene rings is 1. The second kappa shape index (κ2) is 8.37. The lowest BCUT2D eigenvalue weighted by atomic mass is 10.2. The zero-order valence-electron chi connectivity index (χ0n) is 16.4. The standard InChI is InChI=1S/C23H18N6OS/c30-23(26-14-17-6-4-10-25-22(17)28-12-11-24-16-28)19-15-29(18-7-2-1-3-8-18)27-21(19)20-9-5-13-31-20/h1-13,15-16H,14H2,(H,26,30). The molecule has 31 heavy (non-hydrogen) atoms. The van der Waals surface area contributed by atoms with Gasteiger partial charge in [0.15, 0.2) is 0 Å². The lowest BCUT2D eigenvalue weighted by Crippen LogP contribution is -2.24. The van der Waals surface area contributed by atoms with Gasteiger partial charge < -0.3 is 5.32 Å². The van der Waals surface area contributed by atoms with E-state index in [1.165, 1.54) is 0 Å². The molecule has 1 N–H and O–H groups in total. The number of amides is 1. The summed E-state index contributed by atoms with van der Waals surface area (Å²) in [5, 5.41) is 9.70. The van der Waals surface area contributed by atoms with Crippen molar-refractivity contribution in [3.05, 3.63) is 102 Å². The third kappa shape index (κ3) is 3.88. The SMILES string of the molecule is O=C(NCc1cccnc1-n1ccnc1)c1cn(-c2ccccc2)nc1-c1cccs1. The van der Waals surface area contributed by atoms with Gasteiger partial charge in [-0.3, -0.25) is 9.36 Å². The van der Waals surface area contributed by atoms with Crippen LogP contribution in [0.5, 0.6) is 0 Å². The molecule has 0 atom stereocenters. The molecule has 0 aliphatic carbocycles. The van der Waals surface area contributed by atoms with Crippen LogP contribution in [-0.4, -0.2) is 30.2 Å². The first kappa shape index (κ1) is 19.0. The van der Waals surface area contributed by atoms with Crippen LogP contribution in [0.3, 0.4) is 0 Å². The van der Waals surface area contributed by atoms with Crippen LogP contribution >= 0.6 is 11.3 Å². The fourth-order valence-electron chi connectivity index (χ4n) is 3.30. The summed E-state index contributed by atoms with van der Waals surface area (Å²) < 4.78 is 3.57. The molecule has 5 rings (SSSR count). The molecule has 1 amide bonds. The van der Waals surface area contributed by atoms with E-state index in [9.17, 15) is 4.79 Å². The lowest BCUT2D eigenvalue weighted by molar-refractivity contribution is 0.0951. The Bertz CT molecular complexity index is 1290. The van der Waals surface area contributed by atoms with E-state index in [0.29, 0.717) is 17.8 Å². The van der Waals surface area contributed by atoms with E-state index in [1.807, 2.05) is 70.7 Å². The van der Waals surface area contributed by atoms with Gasteiger partial charge in [-0.1, -0.05) is 30.3 Å². The molecule has 4 heterocycles. The van der Waals surface area contributed by atoms with Crippen LogP contribution in [-0.2, 0) is 6.54 Å². The predicted octanol–water partition coefficient (Wildman–Crippen LogP) is 4.11. The van der Waals surface area contributed by atoms with Gasteiger partial charge in [-0.2, -0.15) is 5.10 Å². The zero-order valence-corrected chi connectivity index (χ0v) is 17.2. The van der Waals surface area contributed by atoms with E-state index in [4.69, 9.17) is 5.10 Å². The number of para-hydroxylation sites is 1. The number of aromatic nitrogens is 5. The number of imidazole rings is 1. The molecule has 0 saturated carbocycles. The van der Waals surface area contributed by atoms with Gasteiger partial charge in [0.1, 0.15) is 17.8 Å². The van der Waals surface area contributed by atoms with Gasteiger partial charge in [0.2, 0.25) is 0 Å². The van der Waals surface area contributed by atoms with Gasteiger partial charge in [-0.25, -0.2) is 14.6 Å². The van der Waals surface area contributed by atoms with Crippen LogP contribution in [0.2, 0.25) is 0 Å². The first-order valence-electron chi connectivity index (χ1n) is 9.69. The third-order valence-corrected chi connectivity index (χ3v) is 5.67. The number of nitrogens with zero attached hydrogens (tertiary/aromatic N) is 5. The largest absolute Gasteiger partial charge is 0.348 e. The Morgan fingerprint density at radius 1 is 1.03 bits per heavy atom. The minimum atomic E-state index is -0.189. The lowest BCUT2D eigenvalue weighted by Gasteiger charge is -2.10. The van der Waals surface area contributed by atoms with Crippen LogP contribution in [0.15, 0.2) is 91.1 Å². The average Bonchev–Trinajstić information content (AvgIpc) is 3.59. The molecule has 4 aromatic heterocycles. The Balaban J connectivity index is 1.44. The summed E-state index contributed by atoms with van der Waals surface area (Å²) in [4.78, 5) is 22.6. The molecular formula is C23H18N6OS. The van der Waals surface area contributed by atoms with Crippen LogP contribution in [0.25, 0.3) is 22.1 Å². The molecule has 0 fully saturated rings. The van der Waals surface area contributed by atoms with Crippen molar-refractivity contribution in [1.29, 1.82) is 0 Å². The van der Waals surface area contributed by atoms with E-state index < -0.39 is 0 Å². The Morgan fingerprint density at radius 2 is 1.94 bits per heavy atom. The van der Waals surface area contributed by atoms with Crippen molar-refractivity contribution >= 4 is 17.2 Å². The topological polar surface area (TPSA) is 77.6 Å². The fraction of sp³-hybridized carbons (Fsp3) is 0.0435. The second-order valence-corrected chi connectivity index (χ2v) is 7.74. The summed E-state index contributed by atoms with van der Waals surface area (Å²) in [5.74, 6) is 0.546. The molecule has 5 aromatic rings. The highest BCUT2D eigenvalue weighted by Gasteiger charge is 2.19. The number of carbonyl (C=O) groups excluding carboxylic acids is 1. The molecule has 0 bridgehead atoms. The minimum absolute atomic E-state index is 0.189. The Kier molecular flexibility index (Phi) is 5.12. The van der Waals surface area contributed by atoms with Crippen molar-refractivity contribution in [2.45, 2.75) is 6.54 Å². The maximum Gasteiger partial charge on any atom is 0.255 e. The molecule has 7 nitrogen and oxygen atoms in total. The number of pyridine rings is 1. The first-order chi connectivity index (χ1) is 15.3. The number of hydrogen-bond donors (Lipinski definition) is 1. The maximum atomic E-state index is 13.2. The first-order valence-corrected chi connectivity index (χ1v) is 10.6. The highest BCUT2D eigenvalue weighted by molar-refractivity contribution is 7.13. The zero-order chi connectivity index (χ0) is 21.0. The third-order valence-electron chi connectivity index (χ3n) is 4.79. The Hall–Kier alpha value is -4.04. The van der Waals surface area contributed by atoms with Crippen molar-refractivity contribution in [2.24, 2.45) is 0 Å². The molecule has 0 aliphatic rings. The number of rotatable bonds is 6. The number of hydrogen-bond acceptors (Lipinski definition) is 5. The summed E-state index contributed by atoms with van der Waals surface area (Å²) in [6, 6.07) is 17.5. The van der Waals surface area contributed by atoms with Crippen molar-refractivity contribution in [3.63, 3.8) is 0 Å². The van der Waals surface area contributed by atoms with E-state index >= 15 is 0 Å². The van der Waals surface area contributed by atoms with Crippen molar-refractivity contribution < 1.29 is 4.79 Å². The van der Waals surface area contributed by atoms with Crippen molar-refractivity contribution in [2.75, 3.05) is 0 Å². The molecule has 0 aliphatic heterocycles. The molecule has 0 unspecified atom stereocenters. The molecule has 8 heteroatoms. The Labute approximate surface area is 182 Å². The molecule has 0 spiro atoms. The van der Waals surface area contributed by atoms with Crippen LogP contribution in [0.4, 0.5) is 0 Å². The quantitative estimate of drug-likeness (QED) is 0.443. The smallest absolute Gasteiger partial charge is 0.255 e. The molecule has 152 valence electrons. The summed E-state index contributed by atoms with van der Waals surface area (Å²) >= 11 is 1.56. The summed E-state index contributed by atoms with van der Waals surface area (Å²) in [6.07, 6.45) is 8.71. The van der Waals surface area contributed by atoms with Gasteiger partial charge in [0.05, 0.1) is 16.1 Å². The van der Waals surface area contributed by atoms with Crippen LogP contribution in [0.1, 0.15) is 15.9 Å². The number of carbonyl (C=O) groups is 1. The van der Waals surface area contributed by atoms with Gasteiger partial charge in [-0.15, -0.1) is 11.3 Å². The predicted molar refractivity (Wildman–Crippen MR) is 119 cm³/mol. The van der Waals surface area contributed by atoms with Crippen molar-refractivity contribution in [3.8, 4) is 22.1 Å². The highest BCUT2D eigenvalue weighted by atomic mass is 32.1. The highest BCUT2D eigenvalue weighted by Crippen LogP contribution is 2.28. The molecular weight excluding hydrogens is 408 g/mol. The van der Waals surface area contributed by atoms with Gasteiger partial charge in [0.25, 0.3) is 5.91 Å². The fourth-order valence-corrected chi connectivity index (χ4v) is 4.03. The number of nitrogens with one attached hydrogen (secondary N) is 1. The second-order valence-electron chi connectivity index (χ2n) is 6.79. The average molecular weight is 427 g/mol. The minimum Gasteiger partial charge on any atom is -0.348 e. The van der Waals surface area contributed by atoms with Crippen LogP contribution < -0.4 is 5.32 Å². The molecule has 1 aromatic carbocycles. The normalized spacial score (nSPS) is 10.8. The summed E-state index contributed by atoms with van der Waals surface area (Å²) in [6.45, 7) is 0.334. The monoisotopic (exact) mass is 426 g/mol. The summed E-state index contributed by atoms with van der Waals surface area (Å²) in [5.41, 5.74) is 2.98. The van der Waals surface area contributed by atoms with Crippen LogP contribution in [0, 0.1) is 0 Å². The maximum absolute atomic E-state index is 13.2. The van der Waals surface area contributed by atoms with Gasteiger partial charge in [-0.05, 0) is 29.6 Å². The van der Waals surface area contributed by atoms with E-state index in [-0.39, 0.29) is 5.91 Å². The Morgan fingerprint density at radius 3 is 2.71 bits per heavy atom.